The van der Waals surface area contributed by atoms with E-state index >= 15 is 0 Å². The zero-order valence-corrected chi connectivity index (χ0v) is 18.4. The van der Waals surface area contributed by atoms with E-state index in [-0.39, 0.29) is 11.8 Å². The molecule has 0 bridgehead atoms. The van der Waals surface area contributed by atoms with E-state index in [1.165, 1.54) is 10.4 Å². The Hall–Kier alpha value is -2.62. The van der Waals surface area contributed by atoms with Gasteiger partial charge in [0.05, 0.1) is 18.8 Å². The highest BCUT2D eigenvalue weighted by Crippen LogP contribution is 2.42. The van der Waals surface area contributed by atoms with Gasteiger partial charge in [-0.05, 0) is 31.5 Å². The Balaban J connectivity index is 1.45. The zero-order chi connectivity index (χ0) is 21.5. The summed E-state index contributed by atoms with van der Waals surface area (Å²) in [4.78, 5) is 24.2. The van der Waals surface area contributed by atoms with Gasteiger partial charge in [-0.3, -0.25) is 9.69 Å². The SMILES string of the molecule is CC(C)n1ncnc1-c1nc2c(s1)CCOc1ccc(C3CN(CC(=O)CO)C3)cc1-2. The van der Waals surface area contributed by atoms with Gasteiger partial charge in [0.2, 0.25) is 0 Å². The van der Waals surface area contributed by atoms with Gasteiger partial charge in [0.15, 0.2) is 16.6 Å². The van der Waals surface area contributed by atoms with Crippen molar-refractivity contribution >= 4 is 17.1 Å². The standard InChI is InChI=1S/C22H25N5O3S/c1-13(2)27-21(23-12-24-27)22-25-20-17-7-14(15-8-26(9-15)10-16(29)11-28)3-4-18(17)30-6-5-19(20)31-22/h3-4,7,12-13,15,28H,5-6,8-11H2,1-2H3. The van der Waals surface area contributed by atoms with Crippen LogP contribution in [0.4, 0.5) is 0 Å². The summed E-state index contributed by atoms with van der Waals surface area (Å²) < 4.78 is 7.91. The van der Waals surface area contributed by atoms with Crippen molar-refractivity contribution in [3.63, 3.8) is 0 Å². The number of hydrogen-bond donors (Lipinski definition) is 1. The second-order valence-electron chi connectivity index (χ2n) is 8.35. The molecule has 5 rings (SSSR count). The molecule has 1 N–H and O–H groups in total. The molecule has 2 aromatic heterocycles. The number of aliphatic hydroxyl groups is 1. The van der Waals surface area contributed by atoms with Crippen molar-refractivity contribution in [2.24, 2.45) is 0 Å². The van der Waals surface area contributed by atoms with Gasteiger partial charge in [0.1, 0.15) is 18.7 Å². The van der Waals surface area contributed by atoms with Crippen molar-refractivity contribution in [3.8, 4) is 27.8 Å². The number of aromatic nitrogens is 4. The van der Waals surface area contributed by atoms with Gasteiger partial charge >= 0.3 is 0 Å². The molecule has 0 saturated carbocycles. The molecular weight excluding hydrogens is 414 g/mol. The molecule has 9 heteroatoms. The molecule has 1 fully saturated rings. The number of rotatable bonds is 6. The number of thiazole rings is 1. The molecule has 2 aliphatic rings. The highest BCUT2D eigenvalue weighted by molar-refractivity contribution is 7.15. The lowest BCUT2D eigenvalue weighted by molar-refractivity contribution is -0.123. The molecule has 0 unspecified atom stereocenters. The number of ketones is 1. The van der Waals surface area contributed by atoms with Crippen molar-refractivity contribution in [3.05, 3.63) is 35.0 Å². The molecule has 0 aliphatic carbocycles. The third-order valence-corrected chi connectivity index (χ3v) is 6.91. The Bertz CT molecular complexity index is 1120. The van der Waals surface area contributed by atoms with E-state index in [0.717, 1.165) is 47.3 Å². The smallest absolute Gasteiger partial charge is 0.187 e. The second-order valence-corrected chi connectivity index (χ2v) is 9.44. The first-order valence-electron chi connectivity index (χ1n) is 10.5. The number of carbonyl (C=O) groups is 1. The van der Waals surface area contributed by atoms with E-state index in [0.29, 0.717) is 19.1 Å². The van der Waals surface area contributed by atoms with E-state index < -0.39 is 6.61 Å². The van der Waals surface area contributed by atoms with Gasteiger partial charge in [-0.2, -0.15) is 5.10 Å². The highest BCUT2D eigenvalue weighted by Gasteiger charge is 2.31. The molecule has 162 valence electrons. The van der Waals surface area contributed by atoms with Gasteiger partial charge in [0, 0.05) is 41.9 Å². The fourth-order valence-corrected chi connectivity index (χ4v) is 5.23. The van der Waals surface area contributed by atoms with Crippen molar-refractivity contribution in [1.29, 1.82) is 0 Å². The summed E-state index contributed by atoms with van der Waals surface area (Å²) >= 11 is 1.66. The van der Waals surface area contributed by atoms with E-state index in [9.17, 15) is 4.79 Å². The summed E-state index contributed by atoms with van der Waals surface area (Å²) in [6, 6.07) is 6.55. The maximum Gasteiger partial charge on any atom is 0.187 e. The van der Waals surface area contributed by atoms with Crippen LogP contribution in [0.3, 0.4) is 0 Å². The molecule has 8 nitrogen and oxygen atoms in total. The van der Waals surface area contributed by atoms with Gasteiger partial charge in [-0.1, -0.05) is 6.07 Å². The van der Waals surface area contributed by atoms with Crippen LogP contribution in [-0.4, -0.2) is 68.4 Å². The molecule has 4 heterocycles. The number of benzene rings is 1. The first kappa shape index (κ1) is 20.3. The fraction of sp³-hybridized carbons (Fsp3) is 0.455. The molecular formula is C22H25N5O3S. The van der Waals surface area contributed by atoms with E-state index in [4.69, 9.17) is 14.8 Å². The van der Waals surface area contributed by atoms with E-state index in [1.807, 2.05) is 10.7 Å². The van der Waals surface area contributed by atoms with Crippen LogP contribution in [0.1, 0.15) is 36.2 Å². The van der Waals surface area contributed by atoms with Gasteiger partial charge < -0.3 is 9.84 Å². The summed E-state index contributed by atoms with van der Waals surface area (Å²) in [5.41, 5.74) is 3.22. The Labute approximate surface area is 184 Å². The largest absolute Gasteiger partial charge is 0.493 e. The lowest BCUT2D eigenvalue weighted by Gasteiger charge is -2.39. The topological polar surface area (TPSA) is 93.4 Å². The molecule has 1 aromatic carbocycles. The van der Waals surface area contributed by atoms with Gasteiger partial charge in [0.25, 0.3) is 0 Å². The Kier molecular flexibility index (Phi) is 5.33. The zero-order valence-electron chi connectivity index (χ0n) is 17.6. The number of aliphatic hydroxyl groups excluding tert-OH is 1. The molecule has 1 saturated heterocycles. The van der Waals surface area contributed by atoms with E-state index in [2.05, 4.69) is 41.0 Å². The number of nitrogens with zero attached hydrogens (tertiary/aromatic N) is 5. The van der Waals surface area contributed by atoms with Gasteiger partial charge in [-0.15, -0.1) is 11.3 Å². The molecule has 0 amide bonds. The van der Waals surface area contributed by atoms with Crippen molar-refractivity contribution in [2.75, 3.05) is 32.8 Å². The lowest BCUT2D eigenvalue weighted by atomic mass is 9.89. The van der Waals surface area contributed by atoms with Crippen LogP contribution in [0, 0.1) is 0 Å². The molecule has 0 spiro atoms. The lowest BCUT2D eigenvalue weighted by Crippen LogP contribution is -2.47. The summed E-state index contributed by atoms with van der Waals surface area (Å²) in [5, 5.41) is 14.2. The Morgan fingerprint density at radius 2 is 2.19 bits per heavy atom. The first-order valence-corrected chi connectivity index (χ1v) is 11.4. The average Bonchev–Trinajstić information content (AvgIpc) is 3.34. The van der Waals surface area contributed by atoms with E-state index in [1.54, 1.807) is 17.7 Å². The Morgan fingerprint density at radius 3 is 2.97 bits per heavy atom. The number of hydrogen-bond acceptors (Lipinski definition) is 8. The highest BCUT2D eigenvalue weighted by atomic mass is 32.1. The molecule has 3 aromatic rings. The monoisotopic (exact) mass is 439 g/mol. The van der Waals surface area contributed by atoms with Crippen molar-refractivity contribution in [2.45, 2.75) is 32.2 Å². The predicted octanol–water partition coefficient (Wildman–Crippen LogP) is 2.55. The molecule has 0 atom stereocenters. The van der Waals surface area contributed by atoms with Crippen LogP contribution in [0.2, 0.25) is 0 Å². The Morgan fingerprint density at radius 1 is 1.35 bits per heavy atom. The summed E-state index contributed by atoms with van der Waals surface area (Å²) in [7, 11) is 0. The number of Topliss-reactive ketones (excluding diaryl/α,β-unsaturated/α-hetero) is 1. The molecule has 2 aliphatic heterocycles. The average molecular weight is 440 g/mol. The quantitative estimate of drug-likeness (QED) is 0.631. The van der Waals surface area contributed by atoms with Crippen molar-refractivity contribution < 1.29 is 14.6 Å². The van der Waals surface area contributed by atoms with Crippen LogP contribution >= 0.6 is 11.3 Å². The third kappa shape index (κ3) is 3.77. The second kappa shape index (κ2) is 8.14. The number of likely N-dealkylation sites (tertiary alicyclic amines) is 1. The van der Waals surface area contributed by atoms with Crippen LogP contribution in [0.25, 0.3) is 22.1 Å². The predicted molar refractivity (Wildman–Crippen MR) is 117 cm³/mol. The summed E-state index contributed by atoms with van der Waals surface area (Å²) in [5.74, 6) is 1.89. The van der Waals surface area contributed by atoms with Crippen LogP contribution in [0.15, 0.2) is 24.5 Å². The minimum Gasteiger partial charge on any atom is -0.493 e. The number of fused-ring (bicyclic) bond motifs is 3. The van der Waals surface area contributed by atoms with Crippen molar-refractivity contribution in [1.82, 2.24) is 24.6 Å². The van der Waals surface area contributed by atoms with Crippen LogP contribution < -0.4 is 4.74 Å². The molecule has 0 radical (unpaired) electrons. The van der Waals surface area contributed by atoms with Crippen LogP contribution in [0.5, 0.6) is 5.75 Å². The minimum atomic E-state index is -0.392. The number of ether oxygens (including phenoxy) is 1. The summed E-state index contributed by atoms with van der Waals surface area (Å²) in [6.07, 6.45) is 2.40. The van der Waals surface area contributed by atoms with Gasteiger partial charge in [-0.25, -0.2) is 14.6 Å². The first-order chi connectivity index (χ1) is 15.0. The normalized spacial score (nSPS) is 16.4. The minimum absolute atomic E-state index is 0.136. The maximum absolute atomic E-state index is 11.5. The summed E-state index contributed by atoms with van der Waals surface area (Å²) in [6.45, 7) is 6.35. The third-order valence-electron chi connectivity index (χ3n) is 5.80. The maximum atomic E-state index is 11.5. The van der Waals surface area contributed by atoms with Crippen LogP contribution in [-0.2, 0) is 11.2 Å². The fourth-order valence-electron chi connectivity index (χ4n) is 4.18. The number of carbonyl (C=O) groups excluding carboxylic acids is 1. The molecule has 31 heavy (non-hydrogen) atoms.